The maximum Gasteiger partial charge on any atom is 0.227 e. The third kappa shape index (κ3) is 3.40. The summed E-state index contributed by atoms with van der Waals surface area (Å²) < 4.78 is 50.7. The van der Waals surface area contributed by atoms with Gasteiger partial charge in [0.1, 0.15) is 29.2 Å². The number of aromatic nitrogens is 1. The van der Waals surface area contributed by atoms with Gasteiger partial charge >= 0.3 is 0 Å². The first kappa shape index (κ1) is 20.3. The number of alkyl halides is 1. The molecule has 0 bridgehead atoms. The summed E-state index contributed by atoms with van der Waals surface area (Å²) >= 11 is 0. The Morgan fingerprint density at radius 1 is 1.39 bits per heavy atom. The number of hydrogen-bond acceptors (Lipinski definition) is 8. The van der Waals surface area contributed by atoms with Crippen molar-refractivity contribution in [3.63, 3.8) is 0 Å². The Hall–Kier alpha value is -2.04. The molecule has 0 aromatic carbocycles. The van der Waals surface area contributed by atoms with E-state index >= 15 is 4.39 Å². The van der Waals surface area contributed by atoms with Crippen LogP contribution in [0.3, 0.4) is 0 Å². The van der Waals surface area contributed by atoms with E-state index in [4.69, 9.17) is 10.9 Å². The van der Waals surface area contributed by atoms with Gasteiger partial charge in [0.25, 0.3) is 0 Å². The van der Waals surface area contributed by atoms with Crippen LogP contribution in [0.15, 0.2) is 11.2 Å². The molecule has 6 rings (SSSR count). The molecular weight excluding hydrogens is 430 g/mol. The van der Waals surface area contributed by atoms with Crippen LogP contribution in [0, 0.1) is 5.82 Å². The minimum atomic E-state index is -1.03. The summed E-state index contributed by atoms with van der Waals surface area (Å²) in [5, 5.41) is 4.97. The van der Waals surface area contributed by atoms with E-state index in [1.807, 2.05) is 7.05 Å². The fourth-order valence-electron chi connectivity index (χ4n) is 6.24. The maximum atomic E-state index is 15.0. The average Bonchev–Trinajstić information content (AvgIpc) is 3.25. The van der Waals surface area contributed by atoms with Gasteiger partial charge < -0.3 is 25.0 Å². The zero-order valence-electron chi connectivity index (χ0n) is 20.0. The molecule has 1 unspecified atom stereocenters. The van der Waals surface area contributed by atoms with Crippen molar-refractivity contribution in [2.45, 2.75) is 62.1 Å². The van der Waals surface area contributed by atoms with Crippen LogP contribution in [-0.2, 0) is 4.74 Å². The lowest BCUT2D eigenvalue weighted by Crippen LogP contribution is -2.61. The van der Waals surface area contributed by atoms with Gasteiger partial charge in [0.15, 0.2) is 7.23 Å². The summed E-state index contributed by atoms with van der Waals surface area (Å²) in [6.45, 7) is 3.31. The Labute approximate surface area is 193 Å². The number of nitrogens with one attached hydrogen (secondary N) is 2. The Bertz CT molecular complexity index is 1090. The summed E-state index contributed by atoms with van der Waals surface area (Å²) in [6.07, 6.45) is 4.46. The molecule has 0 amide bonds. The van der Waals surface area contributed by atoms with Crippen molar-refractivity contribution in [1.82, 2.24) is 25.4 Å². The van der Waals surface area contributed by atoms with Crippen LogP contribution in [-0.4, -0.2) is 84.8 Å². The van der Waals surface area contributed by atoms with Crippen LogP contribution in [0.25, 0.3) is 5.82 Å². The van der Waals surface area contributed by atoms with Crippen molar-refractivity contribution in [1.29, 1.82) is 0 Å². The van der Waals surface area contributed by atoms with E-state index in [0.717, 1.165) is 44.8 Å². The van der Waals surface area contributed by atoms with Crippen molar-refractivity contribution in [3.05, 3.63) is 22.6 Å². The molecule has 3 atom stereocenters. The molecule has 0 radical (unpaired) electrons. The SMILES string of the molecule is [2H]N1C2=c3c(ncc(F)c3=NC1OC[C@@]13CCCN1C[C@H](F)C3)OCC1(CCC1)N2CCNC. The van der Waals surface area contributed by atoms with Gasteiger partial charge in [0, 0.05) is 31.6 Å². The molecule has 2 N–H and O–H groups in total. The standard InChI is InChI=1S/C23H32F2N6O2/c1-26-7-9-31-19-17-18(16(25)11-27-20(17)32-13-22(31)4-2-5-22)28-21(29-19)33-14-23-6-3-8-30(23)12-15(24)10-23/h11,15,21,26,29H,2-10,12-14H2,1H3/t15-,21?,23+/m1/s1/i/hD. The van der Waals surface area contributed by atoms with Crippen LogP contribution in [0.2, 0.25) is 1.41 Å². The van der Waals surface area contributed by atoms with Crippen molar-refractivity contribution < 1.29 is 19.7 Å². The van der Waals surface area contributed by atoms with E-state index in [9.17, 15) is 4.39 Å². The zero-order valence-corrected chi connectivity index (χ0v) is 19.0. The summed E-state index contributed by atoms with van der Waals surface area (Å²) in [6, 6.07) is 0. The summed E-state index contributed by atoms with van der Waals surface area (Å²) in [4.78, 5) is 13.1. The van der Waals surface area contributed by atoms with E-state index in [-0.39, 0.29) is 23.0 Å². The van der Waals surface area contributed by atoms with Gasteiger partial charge in [-0.3, -0.25) is 4.90 Å². The quantitative estimate of drug-likeness (QED) is 0.626. The molecule has 1 aliphatic carbocycles. The second kappa shape index (κ2) is 8.02. The van der Waals surface area contributed by atoms with Gasteiger partial charge in [-0.05, 0) is 45.7 Å². The maximum absolute atomic E-state index is 15.0. The topological polar surface area (TPSA) is 74.2 Å². The zero-order chi connectivity index (χ0) is 23.5. The van der Waals surface area contributed by atoms with Crippen LogP contribution < -0.4 is 25.9 Å². The van der Waals surface area contributed by atoms with Crippen LogP contribution in [0.1, 0.15) is 38.5 Å². The van der Waals surface area contributed by atoms with Crippen LogP contribution in [0.4, 0.5) is 8.78 Å². The van der Waals surface area contributed by atoms with Gasteiger partial charge in [0.2, 0.25) is 12.2 Å². The van der Waals surface area contributed by atoms with Gasteiger partial charge in [0.05, 0.1) is 18.3 Å². The highest BCUT2D eigenvalue weighted by Crippen LogP contribution is 2.42. The first-order valence-electron chi connectivity index (χ1n) is 12.5. The molecule has 2 saturated heterocycles. The van der Waals surface area contributed by atoms with Crippen LogP contribution in [0.5, 0.6) is 5.88 Å². The minimum absolute atomic E-state index is 0.120. The van der Waals surface area contributed by atoms with Gasteiger partial charge in [-0.15, -0.1) is 0 Å². The monoisotopic (exact) mass is 463 g/mol. The summed E-state index contributed by atoms with van der Waals surface area (Å²) in [7, 11) is 1.89. The molecule has 1 aromatic heterocycles. The highest BCUT2D eigenvalue weighted by molar-refractivity contribution is 5.48. The molecule has 4 aliphatic heterocycles. The first-order chi connectivity index (χ1) is 16.5. The molecule has 5 heterocycles. The van der Waals surface area contributed by atoms with Crippen molar-refractivity contribution in [2.24, 2.45) is 4.99 Å². The van der Waals surface area contributed by atoms with Crippen LogP contribution >= 0.6 is 0 Å². The Kier molecular flexibility index (Phi) is 4.95. The molecule has 3 fully saturated rings. The number of ether oxygens (including phenoxy) is 2. The molecular formula is C23H32F2N6O2. The normalized spacial score (nSPS) is 32.6. The number of nitrogens with zero attached hydrogens (tertiary/aromatic N) is 4. The Morgan fingerprint density at radius 3 is 3.06 bits per heavy atom. The molecule has 5 aliphatic rings. The largest absolute Gasteiger partial charge is 0.475 e. The Morgan fingerprint density at radius 2 is 2.27 bits per heavy atom. The predicted octanol–water partition coefficient (Wildman–Crippen LogP) is 0.222. The molecule has 33 heavy (non-hydrogen) atoms. The van der Waals surface area contributed by atoms with E-state index < -0.39 is 18.3 Å². The highest BCUT2D eigenvalue weighted by Gasteiger charge is 2.50. The fourth-order valence-corrected chi connectivity index (χ4v) is 6.24. The predicted molar refractivity (Wildman–Crippen MR) is 117 cm³/mol. The smallest absolute Gasteiger partial charge is 0.227 e. The molecule has 1 aromatic rings. The van der Waals surface area contributed by atoms with Gasteiger partial charge in [-0.25, -0.2) is 18.8 Å². The number of fused-ring (bicyclic) bond motifs is 1. The molecule has 180 valence electrons. The van der Waals surface area contributed by atoms with Crippen molar-refractivity contribution in [2.75, 3.05) is 46.4 Å². The van der Waals surface area contributed by atoms with Gasteiger partial charge in [-0.2, -0.15) is 0 Å². The van der Waals surface area contributed by atoms with E-state index in [0.29, 0.717) is 49.6 Å². The third-order valence-electron chi connectivity index (χ3n) is 8.11. The van der Waals surface area contributed by atoms with E-state index in [1.165, 1.54) is 5.31 Å². The fraction of sp³-hybridized carbons (Fsp3) is 0.739. The average molecular weight is 464 g/mol. The van der Waals surface area contributed by atoms with E-state index in [2.05, 4.69) is 25.1 Å². The minimum Gasteiger partial charge on any atom is -0.475 e. The summed E-state index contributed by atoms with van der Waals surface area (Å²) in [5.74, 6) is 0.269. The van der Waals surface area contributed by atoms with Crippen molar-refractivity contribution >= 4 is 5.82 Å². The molecule has 8 nitrogen and oxygen atoms in total. The van der Waals surface area contributed by atoms with E-state index in [1.54, 1.807) is 0 Å². The number of halogens is 2. The molecule has 10 heteroatoms. The number of rotatable bonds is 6. The number of pyridine rings is 1. The molecule has 1 spiro atoms. The molecule has 1 saturated carbocycles. The Balaban J connectivity index is 1.39. The number of likely N-dealkylation sites (N-methyl/N-ethyl adjacent to an activating group) is 1. The second-order valence-electron chi connectivity index (χ2n) is 10.1. The highest BCUT2D eigenvalue weighted by atomic mass is 19.1. The lowest BCUT2D eigenvalue weighted by Gasteiger charge is -2.51. The van der Waals surface area contributed by atoms with Crippen molar-refractivity contribution in [3.8, 4) is 5.88 Å². The summed E-state index contributed by atoms with van der Waals surface area (Å²) in [5.41, 5.74) is -0.633. The lowest BCUT2D eigenvalue weighted by molar-refractivity contribution is -0.0277. The third-order valence-corrected chi connectivity index (χ3v) is 8.11. The first-order valence-corrected chi connectivity index (χ1v) is 12.1. The number of hydrogen-bond donors (Lipinski definition) is 2. The van der Waals surface area contributed by atoms with Gasteiger partial charge in [-0.1, -0.05) is 0 Å². The lowest BCUT2D eigenvalue weighted by atomic mass is 9.75. The second-order valence-corrected chi connectivity index (χ2v) is 10.1.